The molecule has 6 heteroatoms. The summed E-state index contributed by atoms with van der Waals surface area (Å²) in [6.45, 7) is 15.0. The van der Waals surface area contributed by atoms with E-state index in [2.05, 4.69) is 73.3 Å². The van der Waals surface area contributed by atoms with Crippen LogP contribution in [0, 0.1) is 27.7 Å². The van der Waals surface area contributed by atoms with Gasteiger partial charge in [-0.05, 0) is 64.3 Å². The largest absolute Gasteiger partial charge is 0.380 e. The molecule has 0 fully saturated rings. The lowest BCUT2D eigenvalue weighted by atomic mass is 9.99. The molecule has 0 aliphatic carbocycles. The zero-order valence-corrected chi connectivity index (χ0v) is 20.9. The van der Waals surface area contributed by atoms with Gasteiger partial charge in [0.05, 0.1) is 23.6 Å². The Morgan fingerprint density at radius 1 is 1.00 bits per heavy atom. The molecule has 5 nitrogen and oxygen atoms in total. The maximum atomic E-state index is 5.70. The minimum atomic E-state index is 0.690. The van der Waals surface area contributed by atoms with Crippen molar-refractivity contribution in [3.63, 3.8) is 0 Å². The van der Waals surface area contributed by atoms with E-state index in [1.807, 2.05) is 11.4 Å². The van der Waals surface area contributed by atoms with Gasteiger partial charge in [-0.2, -0.15) is 9.61 Å². The smallest absolute Gasteiger partial charge is 0.165 e. The van der Waals surface area contributed by atoms with Crippen LogP contribution in [0.25, 0.3) is 27.8 Å². The van der Waals surface area contributed by atoms with Crippen molar-refractivity contribution in [2.24, 2.45) is 0 Å². The van der Waals surface area contributed by atoms with E-state index in [1.165, 1.54) is 27.8 Å². The fourth-order valence-electron chi connectivity index (χ4n) is 4.61. The summed E-state index contributed by atoms with van der Waals surface area (Å²) in [4.78, 5) is 5.05. The standard InChI is InChI=1S/C25H31BrN4O/c1-7-9-19-14-20-17(5)27-24-23(22-16(4)12-15(3)13-21(22)26)18(6)28-30(24)25(20)29(19)10-11-31-8-2/h12-14H,7-11H2,1-6H3. The molecular weight excluding hydrogens is 452 g/mol. The Bertz CT molecular complexity index is 1250. The molecule has 4 aromatic rings. The van der Waals surface area contributed by atoms with Crippen LogP contribution in [0.2, 0.25) is 0 Å². The SMILES string of the molecule is CCCc1cc2c(C)nc3c(-c4c(C)cc(C)cc4Br)c(C)nn3c2n1CCOCC. The van der Waals surface area contributed by atoms with E-state index in [-0.39, 0.29) is 0 Å². The molecule has 0 N–H and O–H groups in total. The number of fused-ring (bicyclic) bond motifs is 3. The predicted molar refractivity (Wildman–Crippen MR) is 131 cm³/mol. The van der Waals surface area contributed by atoms with Crippen molar-refractivity contribution in [3.05, 3.63) is 50.9 Å². The summed E-state index contributed by atoms with van der Waals surface area (Å²) in [5, 5.41) is 6.17. The molecule has 0 atom stereocenters. The van der Waals surface area contributed by atoms with E-state index in [1.54, 1.807) is 0 Å². The van der Waals surface area contributed by atoms with Crippen molar-refractivity contribution in [1.82, 2.24) is 19.2 Å². The molecule has 31 heavy (non-hydrogen) atoms. The van der Waals surface area contributed by atoms with E-state index < -0.39 is 0 Å². The van der Waals surface area contributed by atoms with Gasteiger partial charge in [-0.1, -0.05) is 35.3 Å². The van der Waals surface area contributed by atoms with E-state index >= 15 is 0 Å². The lowest BCUT2D eigenvalue weighted by molar-refractivity contribution is 0.139. The molecule has 0 spiro atoms. The zero-order valence-electron chi connectivity index (χ0n) is 19.3. The van der Waals surface area contributed by atoms with Gasteiger partial charge in [0.1, 0.15) is 5.65 Å². The third-order valence-corrected chi connectivity index (χ3v) is 6.53. The maximum absolute atomic E-state index is 5.70. The Hall–Kier alpha value is -2.18. The zero-order chi connectivity index (χ0) is 22.3. The van der Waals surface area contributed by atoms with Gasteiger partial charge in [0, 0.05) is 34.3 Å². The van der Waals surface area contributed by atoms with Gasteiger partial charge in [0.25, 0.3) is 0 Å². The first-order valence-electron chi connectivity index (χ1n) is 11.1. The van der Waals surface area contributed by atoms with Crippen molar-refractivity contribution >= 4 is 32.6 Å². The number of ether oxygens (including phenoxy) is 1. The number of nitrogens with zero attached hydrogens (tertiary/aromatic N) is 4. The molecule has 164 valence electrons. The molecule has 0 saturated heterocycles. The second-order valence-electron chi connectivity index (χ2n) is 8.30. The molecule has 0 radical (unpaired) electrons. The van der Waals surface area contributed by atoms with Gasteiger partial charge in [-0.3, -0.25) is 0 Å². The summed E-state index contributed by atoms with van der Waals surface area (Å²) in [5.74, 6) is 0. The minimum absolute atomic E-state index is 0.690. The average molecular weight is 483 g/mol. The molecule has 3 heterocycles. The van der Waals surface area contributed by atoms with Gasteiger partial charge in [0.2, 0.25) is 0 Å². The van der Waals surface area contributed by atoms with Crippen LogP contribution in [0.3, 0.4) is 0 Å². The topological polar surface area (TPSA) is 44.4 Å². The van der Waals surface area contributed by atoms with Crippen molar-refractivity contribution in [1.29, 1.82) is 0 Å². The van der Waals surface area contributed by atoms with Crippen LogP contribution in [0.1, 0.15) is 48.5 Å². The van der Waals surface area contributed by atoms with Crippen LogP contribution in [0.5, 0.6) is 0 Å². The van der Waals surface area contributed by atoms with Crippen LogP contribution in [0.15, 0.2) is 22.7 Å². The summed E-state index contributed by atoms with van der Waals surface area (Å²) in [6, 6.07) is 6.68. The Morgan fingerprint density at radius 2 is 1.77 bits per heavy atom. The maximum Gasteiger partial charge on any atom is 0.165 e. The predicted octanol–water partition coefficient (Wildman–Crippen LogP) is 6.34. The van der Waals surface area contributed by atoms with Crippen molar-refractivity contribution in [3.8, 4) is 11.1 Å². The second-order valence-corrected chi connectivity index (χ2v) is 9.16. The van der Waals surface area contributed by atoms with E-state index in [4.69, 9.17) is 14.8 Å². The lowest BCUT2D eigenvalue weighted by Crippen LogP contribution is -2.11. The molecule has 0 aliphatic rings. The Balaban J connectivity index is 2.04. The molecular formula is C25H31BrN4O. The number of rotatable bonds is 7. The van der Waals surface area contributed by atoms with Crippen LogP contribution < -0.4 is 0 Å². The number of aromatic nitrogens is 4. The number of halogens is 1. The summed E-state index contributed by atoms with van der Waals surface area (Å²) in [5.41, 5.74) is 10.1. The highest BCUT2D eigenvalue weighted by Gasteiger charge is 2.22. The third-order valence-electron chi connectivity index (χ3n) is 5.91. The van der Waals surface area contributed by atoms with E-state index in [9.17, 15) is 0 Å². The molecule has 0 saturated carbocycles. The van der Waals surface area contributed by atoms with Crippen LogP contribution in [-0.2, 0) is 17.7 Å². The van der Waals surface area contributed by atoms with Crippen molar-refractivity contribution < 1.29 is 4.74 Å². The number of benzene rings is 1. The molecule has 0 bridgehead atoms. The van der Waals surface area contributed by atoms with Crippen LogP contribution in [0.4, 0.5) is 0 Å². The van der Waals surface area contributed by atoms with Crippen LogP contribution in [-0.4, -0.2) is 32.4 Å². The average Bonchev–Trinajstić information content (AvgIpc) is 3.21. The Labute approximate surface area is 192 Å². The van der Waals surface area contributed by atoms with Gasteiger partial charge in [-0.25, -0.2) is 4.98 Å². The first-order valence-corrected chi connectivity index (χ1v) is 11.9. The van der Waals surface area contributed by atoms with Crippen LogP contribution >= 0.6 is 15.9 Å². The van der Waals surface area contributed by atoms with Gasteiger partial charge < -0.3 is 9.30 Å². The van der Waals surface area contributed by atoms with Gasteiger partial charge in [0.15, 0.2) is 5.65 Å². The van der Waals surface area contributed by atoms with E-state index in [0.29, 0.717) is 6.61 Å². The van der Waals surface area contributed by atoms with Gasteiger partial charge in [-0.15, -0.1) is 0 Å². The first-order chi connectivity index (χ1) is 14.9. The summed E-state index contributed by atoms with van der Waals surface area (Å²) < 4.78 is 11.2. The number of hydrogen-bond acceptors (Lipinski definition) is 3. The second kappa shape index (κ2) is 8.75. The Morgan fingerprint density at radius 3 is 2.45 bits per heavy atom. The summed E-state index contributed by atoms with van der Waals surface area (Å²) >= 11 is 3.80. The highest BCUT2D eigenvalue weighted by molar-refractivity contribution is 9.10. The summed E-state index contributed by atoms with van der Waals surface area (Å²) in [6.07, 6.45) is 2.12. The molecule has 0 amide bonds. The van der Waals surface area contributed by atoms with E-state index in [0.717, 1.165) is 58.7 Å². The molecule has 0 unspecified atom stereocenters. The Kier molecular flexibility index (Phi) is 6.22. The summed E-state index contributed by atoms with van der Waals surface area (Å²) in [7, 11) is 0. The lowest BCUT2D eigenvalue weighted by Gasteiger charge is -2.12. The number of aryl methyl sites for hydroxylation is 5. The van der Waals surface area contributed by atoms with Crippen molar-refractivity contribution in [2.45, 2.75) is 60.9 Å². The number of hydrogen-bond donors (Lipinski definition) is 0. The van der Waals surface area contributed by atoms with Gasteiger partial charge >= 0.3 is 0 Å². The fraction of sp³-hybridized carbons (Fsp3) is 0.440. The fourth-order valence-corrected chi connectivity index (χ4v) is 5.48. The minimum Gasteiger partial charge on any atom is -0.380 e. The third kappa shape index (κ3) is 3.80. The quantitative estimate of drug-likeness (QED) is 0.288. The molecule has 1 aromatic carbocycles. The first kappa shape index (κ1) is 22.0. The molecule has 3 aromatic heterocycles. The molecule has 0 aliphatic heterocycles. The highest BCUT2D eigenvalue weighted by Crippen LogP contribution is 2.38. The van der Waals surface area contributed by atoms with Crippen molar-refractivity contribution in [2.75, 3.05) is 13.2 Å². The molecule has 4 rings (SSSR count). The monoisotopic (exact) mass is 482 g/mol. The highest BCUT2D eigenvalue weighted by atomic mass is 79.9. The normalized spacial score (nSPS) is 11.8.